The Morgan fingerprint density at radius 1 is 0.769 bits per heavy atom. The van der Waals surface area contributed by atoms with E-state index in [0.29, 0.717) is 6.32 Å². The van der Waals surface area contributed by atoms with Gasteiger partial charge in [0.2, 0.25) is 0 Å². The second-order valence-electron chi connectivity index (χ2n) is 3.74. The minimum atomic E-state index is -1.10. The molecule has 0 fully saturated rings. The van der Waals surface area contributed by atoms with Gasteiger partial charge in [0.25, 0.3) is 0 Å². The predicted molar refractivity (Wildman–Crippen MR) is 57.6 cm³/mol. The Hall–Kier alpha value is -0.0151. The van der Waals surface area contributed by atoms with E-state index in [1.807, 2.05) is 0 Å². The molecule has 0 aliphatic heterocycles. The molecule has 2 nitrogen and oxygen atoms in total. The van der Waals surface area contributed by atoms with Gasteiger partial charge in [0.1, 0.15) is 0 Å². The summed E-state index contributed by atoms with van der Waals surface area (Å²) in [4.78, 5) is 0. The first-order chi connectivity index (χ1) is 6.27. The van der Waals surface area contributed by atoms with Crippen molar-refractivity contribution in [1.82, 2.24) is 0 Å². The molecule has 3 heteroatoms. The molecule has 13 heavy (non-hydrogen) atoms. The molecule has 0 rings (SSSR count). The van der Waals surface area contributed by atoms with Crippen LogP contribution in [-0.4, -0.2) is 17.2 Å². The van der Waals surface area contributed by atoms with Gasteiger partial charge < -0.3 is 10.0 Å². The van der Waals surface area contributed by atoms with Crippen LogP contribution in [0.15, 0.2) is 0 Å². The van der Waals surface area contributed by atoms with Gasteiger partial charge in [-0.05, 0) is 6.32 Å². The normalized spacial score (nSPS) is 10.4. The Labute approximate surface area is 82.5 Å². The zero-order valence-corrected chi connectivity index (χ0v) is 8.84. The van der Waals surface area contributed by atoms with Crippen LogP contribution in [0.2, 0.25) is 6.32 Å². The van der Waals surface area contributed by atoms with Gasteiger partial charge in [-0.25, -0.2) is 0 Å². The van der Waals surface area contributed by atoms with Crippen molar-refractivity contribution in [1.29, 1.82) is 0 Å². The highest BCUT2D eigenvalue weighted by atomic mass is 16.4. The Morgan fingerprint density at radius 2 is 1.23 bits per heavy atom. The highest BCUT2D eigenvalue weighted by Crippen LogP contribution is 2.09. The van der Waals surface area contributed by atoms with Gasteiger partial charge >= 0.3 is 7.12 Å². The van der Waals surface area contributed by atoms with Gasteiger partial charge in [0, 0.05) is 0 Å². The molecular formula is C10H23BO2. The third-order valence-electron chi connectivity index (χ3n) is 2.32. The van der Waals surface area contributed by atoms with Crippen molar-refractivity contribution >= 4 is 7.12 Å². The number of hydrogen-bond donors (Lipinski definition) is 2. The van der Waals surface area contributed by atoms with E-state index in [-0.39, 0.29) is 0 Å². The Morgan fingerprint density at radius 3 is 1.69 bits per heavy atom. The number of hydrogen-bond acceptors (Lipinski definition) is 2. The minimum absolute atomic E-state index is 0.537. The lowest BCUT2D eigenvalue weighted by molar-refractivity contribution is 0.401. The van der Waals surface area contributed by atoms with Gasteiger partial charge in [-0.1, -0.05) is 58.3 Å². The van der Waals surface area contributed by atoms with Gasteiger partial charge in [-0.15, -0.1) is 0 Å². The summed E-state index contributed by atoms with van der Waals surface area (Å²) in [6, 6.07) is 0. The smallest absolute Gasteiger partial charge is 0.427 e. The summed E-state index contributed by atoms with van der Waals surface area (Å²) >= 11 is 0. The van der Waals surface area contributed by atoms with Crippen molar-refractivity contribution < 1.29 is 10.0 Å². The highest BCUT2D eigenvalue weighted by molar-refractivity contribution is 6.40. The lowest BCUT2D eigenvalue weighted by atomic mass is 9.83. The van der Waals surface area contributed by atoms with Crippen molar-refractivity contribution in [2.75, 3.05) is 0 Å². The van der Waals surface area contributed by atoms with Crippen LogP contribution in [0.25, 0.3) is 0 Å². The molecular weight excluding hydrogens is 163 g/mol. The monoisotopic (exact) mass is 186 g/mol. The minimum Gasteiger partial charge on any atom is -0.427 e. The molecule has 0 saturated carbocycles. The van der Waals surface area contributed by atoms with Crippen LogP contribution < -0.4 is 0 Å². The van der Waals surface area contributed by atoms with E-state index in [1.54, 1.807) is 0 Å². The van der Waals surface area contributed by atoms with E-state index < -0.39 is 7.12 Å². The van der Waals surface area contributed by atoms with Crippen LogP contribution in [0.5, 0.6) is 0 Å². The van der Waals surface area contributed by atoms with Crippen LogP contribution in [0.3, 0.4) is 0 Å². The lowest BCUT2D eigenvalue weighted by Gasteiger charge is -2.00. The van der Waals surface area contributed by atoms with E-state index in [2.05, 4.69) is 6.92 Å². The molecule has 0 amide bonds. The van der Waals surface area contributed by atoms with Crippen LogP contribution in [0.1, 0.15) is 58.3 Å². The zero-order chi connectivity index (χ0) is 9.94. The number of rotatable bonds is 9. The van der Waals surface area contributed by atoms with Gasteiger partial charge in [-0.3, -0.25) is 0 Å². The summed E-state index contributed by atoms with van der Waals surface area (Å²) in [5.74, 6) is 0. The van der Waals surface area contributed by atoms with E-state index in [1.165, 1.54) is 38.5 Å². The van der Waals surface area contributed by atoms with Crippen LogP contribution in [0.4, 0.5) is 0 Å². The Kier molecular flexibility index (Phi) is 10.1. The first kappa shape index (κ1) is 13.0. The third kappa shape index (κ3) is 12.0. The molecule has 0 saturated heterocycles. The summed E-state index contributed by atoms with van der Waals surface area (Å²) in [5.41, 5.74) is 0. The largest absolute Gasteiger partial charge is 0.451 e. The molecule has 0 atom stereocenters. The third-order valence-corrected chi connectivity index (χ3v) is 2.32. The van der Waals surface area contributed by atoms with Crippen molar-refractivity contribution in [2.45, 2.75) is 64.6 Å². The van der Waals surface area contributed by atoms with E-state index in [0.717, 1.165) is 12.8 Å². The second-order valence-corrected chi connectivity index (χ2v) is 3.74. The van der Waals surface area contributed by atoms with Gasteiger partial charge in [-0.2, -0.15) is 0 Å². The average Bonchev–Trinajstić information content (AvgIpc) is 2.09. The molecule has 0 aromatic carbocycles. The molecule has 0 bridgehead atoms. The number of unbranched alkanes of at least 4 members (excludes halogenated alkanes) is 7. The summed E-state index contributed by atoms with van der Waals surface area (Å²) in [6.07, 6.45) is 10.5. The summed E-state index contributed by atoms with van der Waals surface area (Å²) in [6.45, 7) is 2.22. The topological polar surface area (TPSA) is 40.5 Å². The molecule has 0 unspecified atom stereocenters. The Balaban J connectivity index is 2.84. The second kappa shape index (κ2) is 10.1. The lowest BCUT2D eigenvalue weighted by Crippen LogP contribution is -2.09. The van der Waals surface area contributed by atoms with Crippen molar-refractivity contribution in [3.63, 3.8) is 0 Å². The van der Waals surface area contributed by atoms with Gasteiger partial charge in [0.05, 0.1) is 0 Å². The van der Waals surface area contributed by atoms with Crippen molar-refractivity contribution in [3.05, 3.63) is 0 Å². The quantitative estimate of drug-likeness (QED) is 0.429. The predicted octanol–water partition coefficient (Wildman–Crippen LogP) is 2.60. The van der Waals surface area contributed by atoms with Crippen LogP contribution in [-0.2, 0) is 0 Å². The van der Waals surface area contributed by atoms with E-state index in [4.69, 9.17) is 10.0 Å². The van der Waals surface area contributed by atoms with Crippen molar-refractivity contribution in [3.8, 4) is 0 Å². The molecule has 0 aliphatic rings. The molecule has 0 heterocycles. The van der Waals surface area contributed by atoms with Crippen LogP contribution in [0, 0.1) is 0 Å². The summed E-state index contributed by atoms with van der Waals surface area (Å²) < 4.78 is 0. The molecule has 2 N–H and O–H groups in total. The van der Waals surface area contributed by atoms with Crippen molar-refractivity contribution in [2.24, 2.45) is 0 Å². The zero-order valence-electron chi connectivity index (χ0n) is 8.84. The summed E-state index contributed by atoms with van der Waals surface area (Å²) in [7, 11) is -1.10. The average molecular weight is 186 g/mol. The highest BCUT2D eigenvalue weighted by Gasteiger charge is 2.04. The standard InChI is InChI=1S/C10H23BO2/c1-2-3-4-5-6-7-8-9-10-11(12)13/h12-13H,2-10H2,1H3. The first-order valence-corrected chi connectivity index (χ1v) is 5.63. The maximum Gasteiger partial charge on any atom is 0.451 e. The molecule has 0 aromatic heterocycles. The Bertz CT molecular complexity index is 96.9. The summed E-state index contributed by atoms with van der Waals surface area (Å²) in [5, 5.41) is 17.2. The maximum atomic E-state index is 8.58. The van der Waals surface area contributed by atoms with Gasteiger partial charge in [0.15, 0.2) is 0 Å². The first-order valence-electron chi connectivity index (χ1n) is 5.63. The molecule has 0 spiro atoms. The fourth-order valence-corrected chi connectivity index (χ4v) is 1.46. The molecule has 0 aliphatic carbocycles. The molecule has 0 radical (unpaired) electrons. The van der Waals surface area contributed by atoms with Crippen LogP contribution >= 0.6 is 0 Å². The molecule has 0 aromatic rings. The fourth-order valence-electron chi connectivity index (χ4n) is 1.46. The van der Waals surface area contributed by atoms with E-state index in [9.17, 15) is 0 Å². The van der Waals surface area contributed by atoms with E-state index >= 15 is 0 Å². The maximum absolute atomic E-state index is 8.58. The molecule has 78 valence electrons. The fraction of sp³-hybridized carbons (Fsp3) is 1.00. The SMILES string of the molecule is CCCCCCCCCCB(O)O.